The van der Waals surface area contributed by atoms with Crippen molar-refractivity contribution < 1.29 is 18.9 Å². The Hall–Kier alpha value is -0.160. The summed E-state index contributed by atoms with van der Waals surface area (Å²) >= 11 is 0. The van der Waals surface area contributed by atoms with Crippen molar-refractivity contribution in [3.8, 4) is 0 Å². The lowest BCUT2D eigenvalue weighted by molar-refractivity contribution is -0.349. The molecule has 5 rings (SSSR count). The van der Waals surface area contributed by atoms with Gasteiger partial charge in [-0.25, -0.2) is 0 Å². The van der Waals surface area contributed by atoms with Crippen molar-refractivity contribution in [3.63, 3.8) is 0 Å². The van der Waals surface area contributed by atoms with Crippen LogP contribution in [0.25, 0.3) is 0 Å². The van der Waals surface area contributed by atoms with E-state index in [0.29, 0.717) is 23.7 Å². The Kier molecular flexibility index (Phi) is 0.817. The highest BCUT2D eigenvalue weighted by Gasteiger charge is 2.72. The Bertz CT molecular complexity index is 261. The zero-order valence-corrected chi connectivity index (χ0v) is 6.96. The fraction of sp³-hybridized carbons (Fsp3) is 1.00. The summed E-state index contributed by atoms with van der Waals surface area (Å²) in [6.45, 7) is 0. The number of rotatable bonds is 0. The molecule has 5 aliphatic rings. The Morgan fingerprint density at radius 3 is 1.69 bits per heavy atom. The van der Waals surface area contributed by atoms with Crippen molar-refractivity contribution in [3.05, 3.63) is 0 Å². The molecule has 0 aromatic heterocycles. The van der Waals surface area contributed by atoms with Gasteiger partial charge >= 0.3 is 0 Å². The molecule has 8 atom stereocenters. The molecular formula is C9H10O4. The van der Waals surface area contributed by atoms with Gasteiger partial charge in [0.25, 0.3) is 0 Å². The van der Waals surface area contributed by atoms with Crippen LogP contribution in [0, 0.1) is 23.7 Å². The molecule has 4 heteroatoms. The first-order chi connectivity index (χ1) is 6.42. The second kappa shape index (κ2) is 1.67. The minimum Gasteiger partial charge on any atom is -0.323 e. The van der Waals surface area contributed by atoms with Gasteiger partial charge in [-0.15, -0.1) is 0 Å². The summed E-state index contributed by atoms with van der Waals surface area (Å²) in [7, 11) is 0. The molecule has 0 aromatic rings. The van der Waals surface area contributed by atoms with E-state index in [4.69, 9.17) is 18.9 Å². The molecule has 0 spiro atoms. The Balaban J connectivity index is 1.79. The highest BCUT2D eigenvalue weighted by Crippen LogP contribution is 2.65. The standard InChI is InChI=1S/C9H10O4/c1-2-4-5-3(1)7-10-6(2)11-8(4)13-9(5)12-7/h2-9H,1H2/t2-,3+,4-,5-,6+,7-,8+,9-/m1/s1. The molecule has 0 aromatic carbocycles. The van der Waals surface area contributed by atoms with Gasteiger partial charge < -0.3 is 18.9 Å². The maximum absolute atomic E-state index is 5.73. The summed E-state index contributed by atoms with van der Waals surface area (Å²) in [5.41, 5.74) is 0. The molecular weight excluding hydrogens is 172 g/mol. The Morgan fingerprint density at radius 1 is 0.615 bits per heavy atom. The molecule has 5 fully saturated rings. The van der Waals surface area contributed by atoms with Crippen LogP contribution in [-0.4, -0.2) is 25.2 Å². The number of hydrogen-bond donors (Lipinski definition) is 0. The molecule has 0 amide bonds. The van der Waals surface area contributed by atoms with Gasteiger partial charge in [0.1, 0.15) is 0 Å². The summed E-state index contributed by atoms with van der Waals surface area (Å²) in [6, 6.07) is 0. The van der Waals surface area contributed by atoms with Gasteiger partial charge in [0, 0.05) is 23.7 Å². The summed E-state index contributed by atoms with van der Waals surface area (Å²) in [4.78, 5) is 0. The Labute approximate surface area is 75.1 Å². The summed E-state index contributed by atoms with van der Waals surface area (Å²) < 4.78 is 22.8. The third-order valence-corrected chi connectivity index (χ3v) is 4.38. The van der Waals surface area contributed by atoms with Crippen LogP contribution in [0.5, 0.6) is 0 Å². The molecule has 13 heavy (non-hydrogen) atoms. The van der Waals surface area contributed by atoms with Crippen molar-refractivity contribution in [1.82, 2.24) is 0 Å². The molecule has 4 heterocycles. The van der Waals surface area contributed by atoms with Crippen LogP contribution >= 0.6 is 0 Å². The van der Waals surface area contributed by atoms with Crippen molar-refractivity contribution >= 4 is 0 Å². The van der Waals surface area contributed by atoms with Crippen molar-refractivity contribution in [2.75, 3.05) is 0 Å². The van der Waals surface area contributed by atoms with Gasteiger partial charge in [-0.2, -0.15) is 0 Å². The molecule has 1 aliphatic carbocycles. The van der Waals surface area contributed by atoms with Crippen LogP contribution in [0.3, 0.4) is 0 Å². The molecule has 4 nitrogen and oxygen atoms in total. The topological polar surface area (TPSA) is 36.9 Å². The van der Waals surface area contributed by atoms with E-state index in [1.165, 1.54) is 6.42 Å². The zero-order chi connectivity index (χ0) is 8.15. The van der Waals surface area contributed by atoms with Gasteiger partial charge in [0.15, 0.2) is 25.2 Å². The van der Waals surface area contributed by atoms with Crippen LogP contribution in [0.15, 0.2) is 0 Å². The third kappa shape index (κ3) is 0.501. The first-order valence-electron chi connectivity index (χ1n) is 5.04. The average Bonchev–Trinajstić information content (AvgIpc) is 2.73. The first kappa shape index (κ1) is 6.35. The van der Waals surface area contributed by atoms with E-state index in [1.807, 2.05) is 0 Å². The minimum atomic E-state index is -0.0394. The van der Waals surface area contributed by atoms with E-state index >= 15 is 0 Å². The van der Waals surface area contributed by atoms with Gasteiger partial charge in [0.2, 0.25) is 0 Å². The maximum atomic E-state index is 5.73. The molecule has 4 aliphatic heterocycles. The van der Waals surface area contributed by atoms with Crippen molar-refractivity contribution in [2.45, 2.75) is 31.6 Å². The van der Waals surface area contributed by atoms with Crippen LogP contribution in [0.4, 0.5) is 0 Å². The van der Waals surface area contributed by atoms with Crippen LogP contribution < -0.4 is 0 Å². The summed E-state index contributed by atoms with van der Waals surface area (Å²) in [5.74, 6) is 2.30. The van der Waals surface area contributed by atoms with Crippen molar-refractivity contribution in [2.24, 2.45) is 23.7 Å². The predicted molar refractivity (Wildman–Crippen MR) is 38.1 cm³/mol. The number of ether oxygens (including phenoxy) is 4. The van der Waals surface area contributed by atoms with Gasteiger partial charge in [-0.05, 0) is 6.42 Å². The largest absolute Gasteiger partial charge is 0.323 e. The Morgan fingerprint density at radius 2 is 1.08 bits per heavy atom. The normalized spacial score (nSPS) is 75.7. The highest BCUT2D eigenvalue weighted by molar-refractivity contribution is 5.08. The lowest BCUT2D eigenvalue weighted by Gasteiger charge is -2.31. The van der Waals surface area contributed by atoms with E-state index in [2.05, 4.69) is 0 Å². The molecule has 0 unspecified atom stereocenters. The van der Waals surface area contributed by atoms with E-state index in [-0.39, 0.29) is 25.2 Å². The van der Waals surface area contributed by atoms with Crippen molar-refractivity contribution in [1.29, 1.82) is 0 Å². The second-order valence-electron chi connectivity index (χ2n) is 4.74. The van der Waals surface area contributed by atoms with E-state index in [0.717, 1.165) is 0 Å². The van der Waals surface area contributed by atoms with Crippen LogP contribution in [-0.2, 0) is 18.9 Å². The van der Waals surface area contributed by atoms with Gasteiger partial charge in [0.05, 0.1) is 0 Å². The number of hydrogen-bond acceptors (Lipinski definition) is 4. The fourth-order valence-electron chi connectivity index (χ4n) is 3.97. The quantitative estimate of drug-likeness (QED) is 0.539. The van der Waals surface area contributed by atoms with Crippen LogP contribution in [0.2, 0.25) is 0 Å². The highest BCUT2D eigenvalue weighted by atomic mass is 16.9. The zero-order valence-electron chi connectivity index (χ0n) is 6.96. The van der Waals surface area contributed by atoms with E-state index < -0.39 is 0 Å². The van der Waals surface area contributed by atoms with Crippen LogP contribution in [0.1, 0.15) is 6.42 Å². The molecule has 0 radical (unpaired) electrons. The molecule has 70 valence electrons. The molecule has 1 saturated carbocycles. The molecule has 0 N–H and O–H groups in total. The fourth-order valence-corrected chi connectivity index (χ4v) is 3.97. The minimum absolute atomic E-state index is 0.0313. The van der Waals surface area contributed by atoms with E-state index in [1.54, 1.807) is 0 Å². The second-order valence-corrected chi connectivity index (χ2v) is 4.74. The average molecular weight is 182 g/mol. The van der Waals surface area contributed by atoms with Gasteiger partial charge in [-0.3, -0.25) is 0 Å². The lowest BCUT2D eigenvalue weighted by Crippen LogP contribution is -2.37. The summed E-state index contributed by atoms with van der Waals surface area (Å²) in [6.07, 6.45) is 1.08. The van der Waals surface area contributed by atoms with Gasteiger partial charge in [-0.1, -0.05) is 0 Å². The third-order valence-electron chi connectivity index (χ3n) is 4.38. The van der Waals surface area contributed by atoms with E-state index in [9.17, 15) is 0 Å². The molecule has 4 saturated heterocycles. The monoisotopic (exact) mass is 182 g/mol. The SMILES string of the molecule is C1[C@@H]2[C@@H]3O[C@H]4O[C@H]5O[C@@H](O3)[C@H]2[C@H]5[C@@H]14. The molecule has 2 bridgehead atoms. The lowest BCUT2D eigenvalue weighted by atomic mass is 9.91. The smallest absolute Gasteiger partial charge is 0.167 e. The maximum Gasteiger partial charge on any atom is 0.167 e. The summed E-state index contributed by atoms with van der Waals surface area (Å²) in [5, 5.41) is 0. The predicted octanol–water partition coefficient (Wildman–Crippen LogP) is 0.280. The first-order valence-corrected chi connectivity index (χ1v) is 5.04.